The summed E-state index contributed by atoms with van der Waals surface area (Å²) in [6.07, 6.45) is 1.58. The highest BCUT2D eigenvalue weighted by Crippen LogP contribution is 2.28. The summed E-state index contributed by atoms with van der Waals surface area (Å²) in [4.78, 5) is 14.0. The van der Waals surface area contributed by atoms with Gasteiger partial charge >= 0.3 is 0 Å². The molecule has 0 aliphatic carbocycles. The molecule has 2 aromatic rings. The minimum Gasteiger partial charge on any atom is -0.497 e. The molecule has 2 heterocycles. The molecule has 24 heavy (non-hydrogen) atoms. The number of benzene rings is 1. The third kappa shape index (κ3) is 3.43. The van der Waals surface area contributed by atoms with Gasteiger partial charge in [0.1, 0.15) is 12.4 Å². The summed E-state index contributed by atoms with van der Waals surface area (Å²) in [6, 6.07) is 7.90. The third-order valence-electron chi connectivity index (χ3n) is 4.36. The number of carbonyl (C=O) groups excluding carboxylic acids is 1. The van der Waals surface area contributed by atoms with E-state index in [1.807, 2.05) is 36.1 Å². The van der Waals surface area contributed by atoms with Gasteiger partial charge in [-0.2, -0.15) is 5.10 Å². The summed E-state index contributed by atoms with van der Waals surface area (Å²) in [5.41, 5.74) is 4.34. The topological polar surface area (TPSA) is 67.5 Å². The zero-order chi connectivity index (χ0) is 16.9. The summed E-state index contributed by atoms with van der Waals surface area (Å²) in [6.45, 7) is 4.01. The molecule has 1 N–H and O–H groups in total. The number of aromatic amines is 1. The van der Waals surface area contributed by atoms with Gasteiger partial charge < -0.3 is 14.4 Å². The van der Waals surface area contributed by atoms with Crippen molar-refractivity contribution < 1.29 is 14.3 Å². The first-order valence-corrected chi connectivity index (χ1v) is 8.29. The van der Waals surface area contributed by atoms with Crippen molar-refractivity contribution in [2.45, 2.75) is 19.8 Å². The molecule has 0 radical (unpaired) electrons. The van der Waals surface area contributed by atoms with Crippen LogP contribution in [-0.2, 0) is 22.4 Å². The zero-order valence-electron chi connectivity index (χ0n) is 14.2. The molecule has 6 heteroatoms. The summed E-state index contributed by atoms with van der Waals surface area (Å²) < 4.78 is 10.4. The molecule has 1 aromatic carbocycles. The second-order valence-corrected chi connectivity index (χ2v) is 5.78. The molecule has 0 saturated carbocycles. The van der Waals surface area contributed by atoms with Gasteiger partial charge in [-0.1, -0.05) is 0 Å². The van der Waals surface area contributed by atoms with Crippen LogP contribution in [0.3, 0.4) is 0 Å². The highest BCUT2D eigenvalue weighted by Gasteiger charge is 2.22. The van der Waals surface area contributed by atoms with Crippen LogP contribution in [0.4, 0.5) is 0 Å². The lowest BCUT2D eigenvalue weighted by atomic mass is 10.0. The average molecular weight is 329 g/mol. The first-order chi connectivity index (χ1) is 11.7. The van der Waals surface area contributed by atoms with E-state index in [1.54, 1.807) is 7.11 Å². The van der Waals surface area contributed by atoms with Crippen LogP contribution in [0.2, 0.25) is 0 Å². The number of ether oxygens (including phenoxy) is 2. The lowest BCUT2D eigenvalue weighted by Gasteiger charge is -2.20. The van der Waals surface area contributed by atoms with Crippen LogP contribution in [0, 0.1) is 0 Å². The predicted molar refractivity (Wildman–Crippen MR) is 91.1 cm³/mol. The van der Waals surface area contributed by atoms with Crippen molar-refractivity contribution in [3.8, 4) is 17.0 Å². The molecule has 0 saturated heterocycles. The van der Waals surface area contributed by atoms with Crippen LogP contribution in [0.5, 0.6) is 5.75 Å². The monoisotopic (exact) mass is 329 g/mol. The van der Waals surface area contributed by atoms with Crippen molar-refractivity contribution in [3.63, 3.8) is 0 Å². The Morgan fingerprint density at radius 1 is 1.25 bits per heavy atom. The summed E-state index contributed by atoms with van der Waals surface area (Å²) >= 11 is 0. The molecule has 0 bridgehead atoms. The van der Waals surface area contributed by atoms with E-state index in [4.69, 9.17) is 9.47 Å². The van der Waals surface area contributed by atoms with Gasteiger partial charge in [0.25, 0.3) is 0 Å². The van der Waals surface area contributed by atoms with Crippen LogP contribution in [-0.4, -0.2) is 54.4 Å². The Kier molecular flexibility index (Phi) is 5.15. The maximum absolute atomic E-state index is 12.2. The van der Waals surface area contributed by atoms with Gasteiger partial charge in [-0.25, -0.2) is 0 Å². The fourth-order valence-electron chi connectivity index (χ4n) is 3.00. The van der Waals surface area contributed by atoms with Crippen molar-refractivity contribution in [1.82, 2.24) is 15.1 Å². The number of methoxy groups -OCH3 is 1. The number of H-pyrrole nitrogens is 1. The second kappa shape index (κ2) is 7.49. The van der Waals surface area contributed by atoms with E-state index in [2.05, 4.69) is 10.2 Å². The van der Waals surface area contributed by atoms with Crippen LogP contribution < -0.4 is 4.74 Å². The molecule has 1 aliphatic rings. The maximum Gasteiger partial charge on any atom is 0.248 e. The third-order valence-corrected chi connectivity index (χ3v) is 4.36. The zero-order valence-corrected chi connectivity index (χ0v) is 14.2. The fourth-order valence-corrected chi connectivity index (χ4v) is 3.00. The Balaban J connectivity index is 1.75. The molecule has 0 fully saturated rings. The number of fused-ring (bicyclic) bond motifs is 1. The highest BCUT2D eigenvalue weighted by atomic mass is 16.5. The van der Waals surface area contributed by atoms with E-state index < -0.39 is 0 Å². The Hall–Kier alpha value is -2.34. The lowest BCUT2D eigenvalue weighted by Crippen LogP contribution is -2.36. The molecule has 0 atom stereocenters. The van der Waals surface area contributed by atoms with E-state index in [0.717, 1.165) is 35.5 Å². The molecule has 1 aromatic heterocycles. The molecule has 0 spiro atoms. The predicted octanol–water partition coefficient (Wildman–Crippen LogP) is 2.05. The fraction of sp³-hybridized carbons (Fsp3) is 0.444. The Morgan fingerprint density at radius 2 is 2.00 bits per heavy atom. The molecule has 1 amide bonds. The summed E-state index contributed by atoms with van der Waals surface area (Å²) in [7, 11) is 1.66. The van der Waals surface area contributed by atoms with E-state index >= 15 is 0 Å². The van der Waals surface area contributed by atoms with E-state index in [9.17, 15) is 4.79 Å². The van der Waals surface area contributed by atoms with Crippen molar-refractivity contribution in [2.24, 2.45) is 0 Å². The van der Waals surface area contributed by atoms with Gasteiger partial charge in [0.2, 0.25) is 5.91 Å². The second-order valence-electron chi connectivity index (χ2n) is 5.78. The van der Waals surface area contributed by atoms with Crippen LogP contribution >= 0.6 is 0 Å². The minimum atomic E-state index is 0.0564. The number of rotatable bonds is 5. The largest absolute Gasteiger partial charge is 0.497 e. The van der Waals surface area contributed by atoms with Crippen LogP contribution in [0.15, 0.2) is 24.3 Å². The van der Waals surface area contributed by atoms with Crippen molar-refractivity contribution in [1.29, 1.82) is 0 Å². The Morgan fingerprint density at radius 3 is 2.71 bits per heavy atom. The van der Waals surface area contributed by atoms with Gasteiger partial charge in [0.15, 0.2) is 0 Å². The van der Waals surface area contributed by atoms with Crippen molar-refractivity contribution >= 4 is 5.91 Å². The minimum absolute atomic E-state index is 0.0564. The van der Waals surface area contributed by atoms with E-state index in [0.29, 0.717) is 19.7 Å². The molecular weight excluding hydrogens is 306 g/mol. The molecule has 6 nitrogen and oxygen atoms in total. The van der Waals surface area contributed by atoms with Gasteiger partial charge in [-0.05, 0) is 37.6 Å². The van der Waals surface area contributed by atoms with Crippen LogP contribution in [0.1, 0.15) is 18.2 Å². The molecule has 128 valence electrons. The quantitative estimate of drug-likeness (QED) is 0.912. The van der Waals surface area contributed by atoms with Crippen LogP contribution in [0.25, 0.3) is 11.3 Å². The molecular formula is C18H23N3O3. The van der Waals surface area contributed by atoms with E-state index in [1.165, 1.54) is 5.56 Å². The lowest BCUT2D eigenvalue weighted by molar-refractivity contribution is -0.135. The SMILES string of the molecule is CCOCC(=O)N1CCc2[nH]nc(-c3ccc(OC)cc3)c2CC1. The highest BCUT2D eigenvalue weighted by molar-refractivity contribution is 5.77. The number of amides is 1. The number of aromatic nitrogens is 2. The van der Waals surface area contributed by atoms with E-state index in [-0.39, 0.29) is 12.5 Å². The standard InChI is InChI=1S/C18H23N3O3/c1-3-24-12-17(22)21-10-8-15-16(9-11-21)19-20-18(15)13-4-6-14(23-2)7-5-13/h4-7H,3,8-12H2,1-2H3,(H,19,20). The number of nitrogens with one attached hydrogen (secondary N) is 1. The smallest absolute Gasteiger partial charge is 0.248 e. The van der Waals surface area contributed by atoms with Gasteiger partial charge in [-0.3, -0.25) is 9.89 Å². The number of hydrogen-bond donors (Lipinski definition) is 1. The first kappa shape index (κ1) is 16.5. The van der Waals surface area contributed by atoms with Crippen molar-refractivity contribution in [2.75, 3.05) is 33.4 Å². The van der Waals surface area contributed by atoms with Gasteiger partial charge in [-0.15, -0.1) is 0 Å². The molecule has 1 aliphatic heterocycles. The number of carbonyl (C=O) groups is 1. The molecule has 0 unspecified atom stereocenters. The maximum atomic E-state index is 12.2. The Labute approximate surface area is 141 Å². The normalized spacial score (nSPS) is 14.2. The van der Waals surface area contributed by atoms with Gasteiger partial charge in [0.05, 0.1) is 12.8 Å². The Bertz CT molecular complexity index is 694. The average Bonchev–Trinajstić information content (AvgIpc) is 2.91. The molecule has 3 rings (SSSR count). The van der Waals surface area contributed by atoms with Gasteiger partial charge in [0, 0.05) is 42.9 Å². The number of nitrogens with zero attached hydrogens (tertiary/aromatic N) is 2. The summed E-state index contributed by atoms with van der Waals surface area (Å²) in [5, 5.41) is 7.64. The van der Waals surface area contributed by atoms with Crippen molar-refractivity contribution in [3.05, 3.63) is 35.5 Å². The first-order valence-electron chi connectivity index (χ1n) is 8.29. The number of hydrogen-bond acceptors (Lipinski definition) is 4. The summed E-state index contributed by atoms with van der Waals surface area (Å²) in [5.74, 6) is 0.883.